The maximum atomic E-state index is 9.24. The van der Waals surface area contributed by atoms with Crippen molar-refractivity contribution in [3.63, 3.8) is 0 Å². The molecule has 1 aromatic heterocycles. The monoisotopic (exact) mass is 253 g/mol. The Morgan fingerprint density at radius 1 is 1.39 bits per heavy atom. The molecule has 1 aliphatic heterocycles. The summed E-state index contributed by atoms with van der Waals surface area (Å²) in [5.74, 6) is 1.82. The number of piperidine rings is 1. The van der Waals surface area contributed by atoms with Gasteiger partial charge in [0.15, 0.2) is 0 Å². The molecule has 1 saturated heterocycles. The van der Waals surface area contributed by atoms with Crippen molar-refractivity contribution in [2.24, 2.45) is 5.92 Å². The van der Waals surface area contributed by atoms with Gasteiger partial charge in [-0.15, -0.1) is 10.2 Å². The first kappa shape index (κ1) is 13.5. The summed E-state index contributed by atoms with van der Waals surface area (Å²) in [5.41, 5.74) is 0. The molecule has 1 aromatic rings. The molecule has 0 amide bonds. The van der Waals surface area contributed by atoms with Crippen LogP contribution in [-0.2, 0) is 6.42 Å². The fourth-order valence-electron chi connectivity index (χ4n) is 2.59. The summed E-state index contributed by atoms with van der Waals surface area (Å²) in [5, 5.41) is 17.1. The fourth-order valence-corrected chi connectivity index (χ4v) is 2.59. The van der Waals surface area contributed by atoms with Crippen molar-refractivity contribution in [3.8, 4) is 0 Å². The molecule has 0 aliphatic carbocycles. The molecule has 0 saturated carbocycles. The van der Waals surface area contributed by atoms with E-state index < -0.39 is 0 Å². The Morgan fingerprint density at radius 2 is 2.22 bits per heavy atom. The lowest BCUT2D eigenvalue weighted by molar-refractivity contribution is 0.0816. The van der Waals surface area contributed by atoms with E-state index in [9.17, 15) is 5.11 Å². The van der Waals surface area contributed by atoms with Crippen molar-refractivity contribution in [2.45, 2.75) is 45.6 Å². The zero-order valence-electron chi connectivity index (χ0n) is 11.3. The second-order valence-electron chi connectivity index (χ2n) is 5.29. The Morgan fingerprint density at radius 3 is 2.89 bits per heavy atom. The minimum atomic E-state index is 0.312. The highest BCUT2D eigenvalue weighted by molar-refractivity contribution is 4.82. The lowest BCUT2D eigenvalue weighted by Gasteiger charge is -2.37. The summed E-state index contributed by atoms with van der Waals surface area (Å²) in [7, 11) is 0. The molecule has 0 bridgehead atoms. The number of rotatable bonds is 5. The number of likely N-dealkylation sites (tertiary alicyclic amines) is 1. The highest BCUT2D eigenvalue weighted by atomic mass is 16.4. The lowest BCUT2D eigenvalue weighted by atomic mass is 9.94. The minimum absolute atomic E-state index is 0.312. The van der Waals surface area contributed by atoms with Crippen molar-refractivity contribution >= 4 is 0 Å². The largest absolute Gasteiger partial charge is 0.426 e. The standard InChI is InChI=1S/C13H23N3O2/c1-10-5-6-12(9-17)8-16(10)7-3-4-13-15-14-11(2)18-13/h10,12,17H,3-9H2,1-2H3. The molecule has 2 rings (SSSR count). The van der Waals surface area contributed by atoms with Crippen molar-refractivity contribution < 1.29 is 9.52 Å². The Balaban J connectivity index is 1.74. The van der Waals surface area contributed by atoms with E-state index in [1.165, 1.54) is 6.42 Å². The van der Waals surface area contributed by atoms with E-state index in [0.717, 1.165) is 38.2 Å². The van der Waals surface area contributed by atoms with E-state index in [2.05, 4.69) is 22.0 Å². The van der Waals surface area contributed by atoms with E-state index in [4.69, 9.17) is 4.42 Å². The molecule has 2 unspecified atom stereocenters. The maximum Gasteiger partial charge on any atom is 0.216 e. The molecule has 2 heterocycles. The van der Waals surface area contributed by atoms with Crippen molar-refractivity contribution in [3.05, 3.63) is 11.8 Å². The third-order valence-electron chi connectivity index (χ3n) is 3.77. The average Bonchev–Trinajstić information content (AvgIpc) is 2.77. The molecule has 0 radical (unpaired) electrons. The predicted molar refractivity (Wildman–Crippen MR) is 68.2 cm³/mol. The number of aliphatic hydroxyl groups is 1. The van der Waals surface area contributed by atoms with E-state index >= 15 is 0 Å². The third-order valence-corrected chi connectivity index (χ3v) is 3.77. The van der Waals surface area contributed by atoms with E-state index in [1.807, 2.05) is 6.92 Å². The van der Waals surface area contributed by atoms with Gasteiger partial charge in [0.2, 0.25) is 11.8 Å². The molecule has 102 valence electrons. The van der Waals surface area contributed by atoms with E-state index in [0.29, 0.717) is 24.5 Å². The highest BCUT2D eigenvalue weighted by Crippen LogP contribution is 2.21. The van der Waals surface area contributed by atoms with Gasteiger partial charge in [0.1, 0.15) is 0 Å². The van der Waals surface area contributed by atoms with Crippen LogP contribution in [0.4, 0.5) is 0 Å². The summed E-state index contributed by atoms with van der Waals surface area (Å²) < 4.78 is 5.36. The quantitative estimate of drug-likeness (QED) is 0.859. The van der Waals surface area contributed by atoms with Crippen molar-refractivity contribution in [1.29, 1.82) is 0 Å². The second kappa shape index (κ2) is 6.29. The van der Waals surface area contributed by atoms with E-state index in [-0.39, 0.29) is 0 Å². The first-order valence-corrected chi connectivity index (χ1v) is 6.83. The number of aliphatic hydroxyl groups excluding tert-OH is 1. The van der Waals surface area contributed by atoms with Crippen LogP contribution in [0, 0.1) is 12.8 Å². The highest BCUT2D eigenvalue weighted by Gasteiger charge is 2.24. The van der Waals surface area contributed by atoms with Gasteiger partial charge in [-0.05, 0) is 38.6 Å². The summed E-state index contributed by atoms with van der Waals surface area (Å²) >= 11 is 0. The van der Waals surface area contributed by atoms with Crippen LogP contribution in [0.2, 0.25) is 0 Å². The molecule has 1 aliphatic rings. The number of nitrogens with zero attached hydrogens (tertiary/aromatic N) is 3. The van der Waals surface area contributed by atoms with Gasteiger partial charge in [0, 0.05) is 32.5 Å². The Bertz CT molecular complexity index is 367. The molecule has 5 heteroatoms. The number of aryl methyl sites for hydroxylation is 2. The van der Waals surface area contributed by atoms with Crippen molar-refractivity contribution in [1.82, 2.24) is 15.1 Å². The molecule has 0 spiro atoms. The molecule has 2 atom stereocenters. The van der Waals surface area contributed by atoms with Gasteiger partial charge in [-0.2, -0.15) is 0 Å². The second-order valence-corrected chi connectivity index (χ2v) is 5.29. The van der Waals surface area contributed by atoms with E-state index in [1.54, 1.807) is 0 Å². The van der Waals surface area contributed by atoms with Crippen LogP contribution in [0.3, 0.4) is 0 Å². The number of hydrogen-bond acceptors (Lipinski definition) is 5. The summed E-state index contributed by atoms with van der Waals surface area (Å²) in [4.78, 5) is 2.47. The maximum absolute atomic E-state index is 9.24. The molecule has 0 aromatic carbocycles. The fraction of sp³-hybridized carbons (Fsp3) is 0.846. The molecule has 1 N–H and O–H groups in total. The normalized spacial score (nSPS) is 25.5. The first-order chi connectivity index (χ1) is 8.69. The van der Waals surface area contributed by atoms with Crippen molar-refractivity contribution in [2.75, 3.05) is 19.7 Å². The smallest absolute Gasteiger partial charge is 0.216 e. The molecular weight excluding hydrogens is 230 g/mol. The van der Waals surface area contributed by atoms with Gasteiger partial charge < -0.3 is 14.4 Å². The van der Waals surface area contributed by atoms with Gasteiger partial charge in [0.05, 0.1) is 0 Å². The summed E-state index contributed by atoms with van der Waals surface area (Å²) in [6, 6.07) is 0.622. The molecule has 18 heavy (non-hydrogen) atoms. The molecular formula is C13H23N3O2. The van der Waals surface area contributed by atoms with Crippen LogP contribution in [0.15, 0.2) is 4.42 Å². The van der Waals surface area contributed by atoms with Crippen LogP contribution >= 0.6 is 0 Å². The molecule has 5 nitrogen and oxygen atoms in total. The van der Waals surface area contributed by atoms with Gasteiger partial charge in [-0.1, -0.05) is 0 Å². The zero-order chi connectivity index (χ0) is 13.0. The SMILES string of the molecule is Cc1nnc(CCCN2CC(CO)CCC2C)o1. The van der Waals surface area contributed by atoms with Crippen LogP contribution in [0.1, 0.15) is 38.0 Å². The topological polar surface area (TPSA) is 62.4 Å². The Kier molecular flexibility index (Phi) is 4.72. The van der Waals surface area contributed by atoms with Crippen LogP contribution in [0.25, 0.3) is 0 Å². The zero-order valence-corrected chi connectivity index (χ0v) is 11.3. The summed E-state index contributed by atoms with van der Waals surface area (Å²) in [6.45, 7) is 6.45. The Hall–Kier alpha value is -0.940. The molecule has 1 fully saturated rings. The lowest BCUT2D eigenvalue weighted by Crippen LogP contribution is -2.43. The van der Waals surface area contributed by atoms with Crippen LogP contribution < -0.4 is 0 Å². The third kappa shape index (κ3) is 3.53. The first-order valence-electron chi connectivity index (χ1n) is 6.83. The van der Waals surface area contributed by atoms with Gasteiger partial charge >= 0.3 is 0 Å². The minimum Gasteiger partial charge on any atom is -0.426 e. The van der Waals surface area contributed by atoms with Crippen LogP contribution in [0.5, 0.6) is 0 Å². The average molecular weight is 253 g/mol. The number of hydrogen-bond donors (Lipinski definition) is 1. The van der Waals surface area contributed by atoms with Gasteiger partial charge in [-0.3, -0.25) is 0 Å². The van der Waals surface area contributed by atoms with Crippen LogP contribution in [-0.4, -0.2) is 45.9 Å². The predicted octanol–water partition coefficient (Wildman–Crippen LogP) is 1.40. The summed E-state index contributed by atoms with van der Waals surface area (Å²) in [6.07, 6.45) is 4.21. The Labute approximate surface area is 108 Å². The van der Waals surface area contributed by atoms with Gasteiger partial charge in [0.25, 0.3) is 0 Å². The van der Waals surface area contributed by atoms with Gasteiger partial charge in [-0.25, -0.2) is 0 Å². The number of aromatic nitrogens is 2.